The third-order valence-electron chi connectivity index (χ3n) is 4.08. The molecule has 1 aromatic rings. The Bertz CT molecular complexity index is 416. The Morgan fingerprint density at radius 3 is 2.61 bits per heavy atom. The second-order valence-electron chi connectivity index (χ2n) is 5.07. The van der Waals surface area contributed by atoms with E-state index in [1.54, 1.807) is 7.11 Å². The normalized spacial score (nSPS) is 19.8. The van der Waals surface area contributed by atoms with Crippen LogP contribution < -0.4 is 10.5 Å². The molecule has 1 atom stereocenters. The zero-order valence-corrected chi connectivity index (χ0v) is 12.2. The van der Waals surface area contributed by atoms with Crippen molar-refractivity contribution in [3.63, 3.8) is 0 Å². The first kappa shape index (κ1) is 13.8. The third-order valence-corrected chi connectivity index (χ3v) is 4.70. The van der Waals surface area contributed by atoms with Gasteiger partial charge in [0.1, 0.15) is 5.75 Å². The van der Waals surface area contributed by atoms with Gasteiger partial charge in [-0.25, -0.2) is 0 Å². The van der Waals surface area contributed by atoms with Crippen LogP contribution in [0, 0.1) is 5.41 Å². The molecule has 3 N–H and O–H groups in total. The largest absolute Gasteiger partial charge is 0.496 e. The number of ether oxygens (including phenoxy) is 1. The Balaban J connectivity index is 2.27. The van der Waals surface area contributed by atoms with Crippen LogP contribution in [-0.2, 0) is 0 Å². The molecule has 100 valence electrons. The maximum absolute atomic E-state index is 10.6. The molecule has 18 heavy (non-hydrogen) atoms. The van der Waals surface area contributed by atoms with Gasteiger partial charge in [0.15, 0.2) is 0 Å². The fraction of sp³-hybridized carbons (Fsp3) is 0.571. The SMILES string of the molecule is COc1ccc(C(O)C2(CN)CCCC2)cc1Br. The molecule has 1 unspecified atom stereocenters. The van der Waals surface area contributed by atoms with Gasteiger partial charge in [0.25, 0.3) is 0 Å². The van der Waals surface area contributed by atoms with E-state index < -0.39 is 6.10 Å². The molecule has 4 heteroatoms. The molecule has 2 rings (SSSR count). The van der Waals surface area contributed by atoms with Gasteiger partial charge in [-0.2, -0.15) is 0 Å². The smallest absolute Gasteiger partial charge is 0.133 e. The Morgan fingerprint density at radius 1 is 1.44 bits per heavy atom. The maximum atomic E-state index is 10.6. The first-order valence-electron chi connectivity index (χ1n) is 6.34. The number of rotatable bonds is 4. The molecule has 1 aliphatic carbocycles. The lowest BCUT2D eigenvalue weighted by molar-refractivity contribution is 0.0332. The third kappa shape index (κ3) is 2.42. The van der Waals surface area contributed by atoms with Crippen molar-refractivity contribution < 1.29 is 9.84 Å². The van der Waals surface area contributed by atoms with Gasteiger partial charge in [-0.15, -0.1) is 0 Å². The summed E-state index contributed by atoms with van der Waals surface area (Å²) in [6.45, 7) is 0.539. The zero-order chi connectivity index (χ0) is 13.2. The highest BCUT2D eigenvalue weighted by Crippen LogP contribution is 2.47. The highest BCUT2D eigenvalue weighted by atomic mass is 79.9. The predicted molar refractivity (Wildman–Crippen MR) is 75.6 cm³/mol. The highest BCUT2D eigenvalue weighted by Gasteiger charge is 2.40. The summed E-state index contributed by atoms with van der Waals surface area (Å²) in [5.41, 5.74) is 6.67. The van der Waals surface area contributed by atoms with E-state index in [4.69, 9.17) is 10.5 Å². The van der Waals surface area contributed by atoms with Gasteiger partial charge in [-0.05, 0) is 46.5 Å². The molecule has 0 radical (unpaired) electrons. The number of benzene rings is 1. The summed E-state index contributed by atoms with van der Waals surface area (Å²) < 4.78 is 6.07. The maximum Gasteiger partial charge on any atom is 0.133 e. The van der Waals surface area contributed by atoms with E-state index in [-0.39, 0.29) is 5.41 Å². The summed E-state index contributed by atoms with van der Waals surface area (Å²) in [7, 11) is 1.63. The van der Waals surface area contributed by atoms with Crippen LogP contribution in [0.3, 0.4) is 0 Å². The van der Waals surface area contributed by atoms with Crippen molar-refractivity contribution in [3.8, 4) is 5.75 Å². The summed E-state index contributed by atoms with van der Waals surface area (Å²) in [5.74, 6) is 0.777. The summed E-state index contributed by atoms with van der Waals surface area (Å²) in [6.07, 6.45) is 3.84. The van der Waals surface area contributed by atoms with E-state index in [2.05, 4.69) is 15.9 Å². The van der Waals surface area contributed by atoms with E-state index >= 15 is 0 Å². The number of hydrogen-bond acceptors (Lipinski definition) is 3. The van der Waals surface area contributed by atoms with Crippen LogP contribution in [0.4, 0.5) is 0 Å². The van der Waals surface area contributed by atoms with Crippen LogP contribution in [-0.4, -0.2) is 18.8 Å². The van der Waals surface area contributed by atoms with Gasteiger partial charge >= 0.3 is 0 Å². The van der Waals surface area contributed by atoms with Crippen molar-refractivity contribution in [1.82, 2.24) is 0 Å². The van der Waals surface area contributed by atoms with Crippen molar-refractivity contribution in [2.45, 2.75) is 31.8 Å². The highest BCUT2D eigenvalue weighted by molar-refractivity contribution is 9.10. The Labute approximate surface area is 116 Å². The molecule has 1 aliphatic rings. The molecule has 1 fully saturated rings. The Morgan fingerprint density at radius 2 is 2.11 bits per heavy atom. The minimum absolute atomic E-state index is 0.145. The fourth-order valence-corrected chi connectivity index (χ4v) is 3.43. The van der Waals surface area contributed by atoms with Crippen LogP contribution in [0.5, 0.6) is 5.75 Å². The number of nitrogens with two attached hydrogens (primary N) is 1. The molecule has 3 nitrogen and oxygen atoms in total. The van der Waals surface area contributed by atoms with E-state index in [9.17, 15) is 5.11 Å². The standard InChI is InChI=1S/C14H20BrNO2/c1-18-12-5-4-10(8-11(12)15)13(17)14(9-16)6-2-3-7-14/h4-5,8,13,17H,2-3,6-7,9,16H2,1H3. The summed E-state index contributed by atoms with van der Waals surface area (Å²) >= 11 is 3.46. The van der Waals surface area contributed by atoms with Gasteiger partial charge in [-0.1, -0.05) is 18.9 Å². The fourth-order valence-electron chi connectivity index (χ4n) is 2.87. The summed E-state index contributed by atoms with van der Waals surface area (Å²) in [6, 6.07) is 5.73. The van der Waals surface area contributed by atoms with Crippen LogP contribution in [0.2, 0.25) is 0 Å². The summed E-state index contributed by atoms with van der Waals surface area (Å²) in [5, 5.41) is 10.6. The van der Waals surface area contributed by atoms with E-state index in [0.717, 1.165) is 41.5 Å². The average Bonchev–Trinajstić information content (AvgIpc) is 2.87. The molecule has 0 aliphatic heterocycles. The molecule has 0 aromatic heterocycles. The number of methoxy groups -OCH3 is 1. The lowest BCUT2D eigenvalue weighted by Gasteiger charge is -2.33. The van der Waals surface area contributed by atoms with Crippen molar-refractivity contribution >= 4 is 15.9 Å². The van der Waals surface area contributed by atoms with Gasteiger partial charge < -0.3 is 15.6 Å². The zero-order valence-electron chi connectivity index (χ0n) is 10.7. The second-order valence-corrected chi connectivity index (χ2v) is 5.92. The van der Waals surface area contributed by atoms with E-state index in [1.165, 1.54) is 0 Å². The molecule has 0 saturated heterocycles. The van der Waals surface area contributed by atoms with Gasteiger partial charge in [0, 0.05) is 12.0 Å². The number of halogens is 1. The van der Waals surface area contributed by atoms with Crippen molar-refractivity contribution in [2.75, 3.05) is 13.7 Å². The monoisotopic (exact) mass is 313 g/mol. The minimum atomic E-state index is -0.493. The topological polar surface area (TPSA) is 55.5 Å². The summed E-state index contributed by atoms with van der Waals surface area (Å²) in [4.78, 5) is 0. The lowest BCUT2D eigenvalue weighted by atomic mass is 9.77. The van der Waals surface area contributed by atoms with Crippen LogP contribution in [0.25, 0.3) is 0 Å². The first-order chi connectivity index (χ1) is 8.63. The first-order valence-corrected chi connectivity index (χ1v) is 7.14. The lowest BCUT2D eigenvalue weighted by Crippen LogP contribution is -2.34. The molecule has 0 amide bonds. The molecule has 1 aromatic carbocycles. The number of aliphatic hydroxyl groups excluding tert-OH is 1. The average molecular weight is 314 g/mol. The molecular formula is C14H20BrNO2. The number of hydrogen-bond donors (Lipinski definition) is 2. The number of aliphatic hydroxyl groups is 1. The molecule has 0 spiro atoms. The predicted octanol–water partition coefficient (Wildman–Crippen LogP) is 3.01. The van der Waals surface area contributed by atoms with Crippen molar-refractivity contribution in [2.24, 2.45) is 11.1 Å². The van der Waals surface area contributed by atoms with Crippen LogP contribution in [0.15, 0.2) is 22.7 Å². The van der Waals surface area contributed by atoms with Crippen LogP contribution in [0.1, 0.15) is 37.4 Å². The van der Waals surface area contributed by atoms with Gasteiger partial charge in [-0.3, -0.25) is 0 Å². The molecule has 0 bridgehead atoms. The second kappa shape index (κ2) is 5.59. The Kier molecular flexibility index (Phi) is 4.30. The minimum Gasteiger partial charge on any atom is -0.496 e. The molecule has 1 saturated carbocycles. The molecule has 0 heterocycles. The quantitative estimate of drug-likeness (QED) is 0.898. The van der Waals surface area contributed by atoms with Gasteiger partial charge in [0.2, 0.25) is 0 Å². The van der Waals surface area contributed by atoms with Crippen molar-refractivity contribution in [1.29, 1.82) is 0 Å². The Hall–Kier alpha value is -0.580. The van der Waals surface area contributed by atoms with E-state index in [1.807, 2.05) is 18.2 Å². The van der Waals surface area contributed by atoms with Crippen molar-refractivity contribution in [3.05, 3.63) is 28.2 Å². The molecular weight excluding hydrogens is 294 g/mol. The van der Waals surface area contributed by atoms with Gasteiger partial charge in [0.05, 0.1) is 17.7 Å². The van der Waals surface area contributed by atoms with Crippen LogP contribution >= 0.6 is 15.9 Å². The van der Waals surface area contributed by atoms with E-state index in [0.29, 0.717) is 6.54 Å².